The molecule has 0 saturated carbocycles. The molecule has 2 N–H and O–H groups in total. The maximum absolute atomic E-state index is 7.61. The minimum atomic E-state index is -1.17. The van der Waals surface area contributed by atoms with Gasteiger partial charge in [-0.3, -0.25) is 0 Å². The summed E-state index contributed by atoms with van der Waals surface area (Å²) >= 11 is 0. The summed E-state index contributed by atoms with van der Waals surface area (Å²) in [5, 5.41) is 15.2. The third-order valence-electron chi connectivity index (χ3n) is 0. The van der Waals surface area contributed by atoms with Crippen molar-refractivity contribution < 1.29 is 10.2 Å². The van der Waals surface area contributed by atoms with Crippen LogP contribution in [0.2, 0.25) is 0 Å². The van der Waals surface area contributed by atoms with Crippen LogP contribution in [0, 0.1) is 0 Å². The van der Waals surface area contributed by atoms with Crippen LogP contribution < -0.4 is 0 Å². The van der Waals surface area contributed by atoms with E-state index in [1.165, 1.54) is 6.92 Å². The molecule has 0 aromatic carbocycles. The minimum Gasteiger partial charge on any atom is -0.368 e. The van der Waals surface area contributed by atoms with Crippen molar-refractivity contribution in [3.05, 3.63) is 0 Å². The van der Waals surface area contributed by atoms with Crippen LogP contribution >= 0.6 is 0 Å². The molecule has 0 saturated heterocycles. The standard InChI is InChI=1S/C2H6O2.Sb/c1-2(3)4;/h2-4H,1H3;. The summed E-state index contributed by atoms with van der Waals surface area (Å²) in [6.45, 7) is 1.28. The van der Waals surface area contributed by atoms with Crippen molar-refractivity contribution in [2.45, 2.75) is 13.2 Å². The van der Waals surface area contributed by atoms with Crippen LogP contribution in [-0.4, -0.2) is 40.9 Å². The molecule has 0 unspecified atom stereocenters. The Bertz CT molecular complexity index is 12.4. The monoisotopic (exact) mass is 183 g/mol. The second-order valence-corrected chi connectivity index (χ2v) is 0.632. The van der Waals surface area contributed by atoms with Gasteiger partial charge in [0.2, 0.25) is 0 Å². The molecule has 0 rings (SSSR count). The van der Waals surface area contributed by atoms with Crippen LogP contribution in [0.3, 0.4) is 0 Å². The Morgan fingerprint density at radius 1 is 1.40 bits per heavy atom. The minimum absolute atomic E-state index is 0. The van der Waals surface area contributed by atoms with Gasteiger partial charge in [-0.25, -0.2) is 0 Å². The zero-order valence-electron chi connectivity index (χ0n) is 2.92. The fourth-order valence-corrected chi connectivity index (χ4v) is 0. The van der Waals surface area contributed by atoms with E-state index in [9.17, 15) is 0 Å². The van der Waals surface area contributed by atoms with Gasteiger partial charge < -0.3 is 10.2 Å². The molecule has 3 heteroatoms. The van der Waals surface area contributed by atoms with Crippen molar-refractivity contribution in [1.29, 1.82) is 0 Å². The third kappa shape index (κ3) is 65.2. The maximum atomic E-state index is 7.61. The normalized spacial score (nSPS) is 7.20. The van der Waals surface area contributed by atoms with Gasteiger partial charge in [-0.05, 0) is 6.92 Å². The second-order valence-electron chi connectivity index (χ2n) is 0.632. The molecule has 0 heterocycles. The molecule has 0 aliphatic heterocycles. The van der Waals surface area contributed by atoms with Crippen LogP contribution in [0.1, 0.15) is 6.92 Å². The molecule has 0 amide bonds. The summed E-state index contributed by atoms with van der Waals surface area (Å²) in [5.74, 6) is 0. The molecule has 0 bridgehead atoms. The Balaban J connectivity index is 0. The van der Waals surface area contributed by atoms with Crippen molar-refractivity contribution in [2.75, 3.05) is 0 Å². The van der Waals surface area contributed by atoms with Gasteiger partial charge in [-0.2, -0.15) is 0 Å². The number of hydrogen-bond acceptors (Lipinski definition) is 2. The summed E-state index contributed by atoms with van der Waals surface area (Å²) < 4.78 is 0. The Hall–Kier alpha value is 0.738. The fourth-order valence-electron chi connectivity index (χ4n) is 0. The number of aliphatic hydroxyl groups excluding tert-OH is 1. The van der Waals surface area contributed by atoms with Crippen LogP contribution in [0.5, 0.6) is 0 Å². The van der Waals surface area contributed by atoms with Crippen molar-refractivity contribution >= 4 is 24.4 Å². The molecule has 3 radical (unpaired) electrons. The fraction of sp³-hybridized carbons (Fsp3) is 1.00. The van der Waals surface area contributed by atoms with E-state index in [2.05, 4.69) is 0 Å². The van der Waals surface area contributed by atoms with Gasteiger partial charge in [-0.1, -0.05) is 0 Å². The molecule has 0 aromatic rings. The van der Waals surface area contributed by atoms with Crippen LogP contribution in [0.15, 0.2) is 0 Å². The molecule has 0 aliphatic rings. The Labute approximate surface area is 48.3 Å². The Morgan fingerprint density at radius 3 is 1.40 bits per heavy atom. The molecular weight excluding hydrogens is 178 g/mol. The second kappa shape index (κ2) is 4.74. The van der Waals surface area contributed by atoms with Crippen LogP contribution in [-0.2, 0) is 0 Å². The van der Waals surface area contributed by atoms with Gasteiger partial charge >= 0.3 is 0 Å². The molecule has 31 valence electrons. The average molecular weight is 184 g/mol. The number of hydrogen-bond donors (Lipinski definition) is 2. The van der Waals surface area contributed by atoms with Crippen molar-refractivity contribution in [3.8, 4) is 0 Å². The predicted molar refractivity (Wildman–Crippen MR) is 19.7 cm³/mol. The van der Waals surface area contributed by atoms with Crippen molar-refractivity contribution in [2.24, 2.45) is 0 Å². The zero-order chi connectivity index (χ0) is 3.58. The van der Waals surface area contributed by atoms with Crippen LogP contribution in [0.4, 0.5) is 0 Å². The molecule has 0 aliphatic carbocycles. The van der Waals surface area contributed by atoms with E-state index in [0.29, 0.717) is 0 Å². The van der Waals surface area contributed by atoms with E-state index < -0.39 is 6.29 Å². The molecule has 5 heavy (non-hydrogen) atoms. The van der Waals surface area contributed by atoms with Gasteiger partial charge in [0.1, 0.15) is 6.29 Å². The van der Waals surface area contributed by atoms with Gasteiger partial charge in [0.15, 0.2) is 0 Å². The maximum Gasteiger partial charge on any atom is 0.148 e. The first-order valence-electron chi connectivity index (χ1n) is 1.09. The van der Waals surface area contributed by atoms with Gasteiger partial charge in [0.05, 0.1) is 0 Å². The van der Waals surface area contributed by atoms with Crippen molar-refractivity contribution in [1.82, 2.24) is 0 Å². The van der Waals surface area contributed by atoms with E-state index in [0.717, 1.165) is 0 Å². The van der Waals surface area contributed by atoms with Crippen LogP contribution in [0.25, 0.3) is 0 Å². The van der Waals surface area contributed by atoms with E-state index in [-0.39, 0.29) is 24.4 Å². The first-order valence-corrected chi connectivity index (χ1v) is 1.09. The molecule has 0 atom stereocenters. The third-order valence-corrected chi connectivity index (χ3v) is 0. The van der Waals surface area contributed by atoms with Gasteiger partial charge in [-0.15, -0.1) is 0 Å². The predicted octanol–water partition coefficient (Wildman–Crippen LogP) is -1.06. The topological polar surface area (TPSA) is 40.5 Å². The Morgan fingerprint density at radius 2 is 1.40 bits per heavy atom. The van der Waals surface area contributed by atoms with Gasteiger partial charge in [0.25, 0.3) is 0 Å². The van der Waals surface area contributed by atoms with Gasteiger partial charge in [0, 0.05) is 24.4 Å². The van der Waals surface area contributed by atoms with E-state index in [4.69, 9.17) is 10.2 Å². The van der Waals surface area contributed by atoms with E-state index >= 15 is 0 Å². The van der Waals surface area contributed by atoms with E-state index in [1.54, 1.807) is 0 Å². The number of aliphatic hydroxyl groups is 2. The smallest absolute Gasteiger partial charge is 0.148 e. The summed E-state index contributed by atoms with van der Waals surface area (Å²) in [6, 6.07) is 0. The first-order chi connectivity index (χ1) is 1.73. The first kappa shape index (κ1) is 9.22. The molecule has 2 nitrogen and oxygen atoms in total. The quantitative estimate of drug-likeness (QED) is 0.371. The zero-order valence-corrected chi connectivity index (χ0v) is 5.47. The van der Waals surface area contributed by atoms with E-state index in [1.807, 2.05) is 0 Å². The molecule has 0 aromatic heterocycles. The van der Waals surface area contributed by atoms with Crippen molar-refractivity contribution in [3.63, 3.8) is 0 Å². The molecular formula is C2H6O2Sb. The number of rotatable bonds is 0. The largest absolute Gasteiger partial charge is 0.368 e. The summed E-state index contributed by atoms with van der Waals surface area (Å²) in [6.07, 6.45) is -1.17. The average Bonchev–Trinajstić information content (AvgIpc) is 0.811. The molecule has 0 fully saturated rings. The summed E-state index contributed by atoms with van der Waals surface area (Å²) in [7, 11) is 0. The Kier molecular flexibility index (Phi) is 8.74. The summed E-state index contributed by atoms with van der Waals surface area (Å²) in [5.41, 5.74) is 0. The molecule has 0 spiro atoms. The SMILES string of the molecule is CC(O)O.[Sb]. The summed E-state index contributed by atoms with van der Waals surface area (Å²) in [4.78, 5) is 0.